The molecular formula is C29H26F3N3O6. The van der Waals surface area contributed by atoms with E-state index in [-0.39, 0.29) is 37.2 Å². The molecule has 12 heteroatoms. The first-order chi connectivity index (χ1) is 19.5. The van der Waals surface area contributed by atoms with Crippen LogP contribution >= 0.6 is 0 Å². The van der Waals surface area contributed by atoms with E-state index in [0.717, 1.165) is 6.07 Å². The molecule has 4 rings (SSSR count). The van der Waals surface area contributed by atoms with E-state index in [4.69, 9.17) is 15.2 Å². The van der Waals surface area contributed by atoms with E-state index < -0.39 is 48.1 Å². The summed E-state index contributed by atoms with van der Waals surface area (Å²) in [6, 6.07) is 16.7. The Morgan fingerprint density at radius 3 is 2.39 bits per heavy atom. The topological polar surface area (TPSA) is 128 Å². The highest BCUT2D eigenvalue weighted by molar-refractivity contribution is 6.01. The van der Waals surface area contributed by atoms with Crippen LogP contribution in [-0.4, -0.2) is 41.2 Å². The summed E-state index contributed by atoms with van der Waals surface area (Å²) in [5, 5.41) is 2.40. The van der Waals surface area contributed by atoms with Crippen LogP contribution in [0.2, 0.25) is 0 Å². The first kappa shape index (κ1) is 29.1. The van der Waals surface area contributed by atoms with Gasteiger partial charge in [0.2, 0.25) is 5.91 Å². The normalized spacial score (nSPS) is 13.3. The van der Waals surface area contributed by atoms with Gasteiger partial charge < -0.3 is 25.4 Å². The Morgan fingerprint density at radius 1 is 0.976 bits per heavy atom. The third kappa shape index (κ3) is 7.41. The lowest BCUT2D eigenvalue weighted by molar-refractivity contribution is -0.138. The van der Waals surface area contributed by atoms with Gasteiger partial charge in [-0.2, -0.15) is 13.2 Å². The molecule has 9 nitrogen and oxygen atoms in total. The van der Waals surface area contributed by atoms with Crippen LogP contribution in [0.15, 0.2) is 72.8 Å². The number of benzene rings is 3. The Bertz CT molecular complexity index is 1450. The zero-order chi connectivity index (χ0) is 29.6. The minimum Gasteiger partial charge on any atom is -0.484 e. The summed E-state index contributed by atoms with van der Waals surface area (Å²) in [7, 11) is 0. The predicted molar refractivity (Wildman–Crippen MR) is 139 cm³/mol. The van der Waals surface area contributed by atoms with Gasteiger partial charge in [0.15, 0.2) is 6.61 Å². The summed E-state index contributed by atoms with van der Waals surface area (Å²) in [5.41, 5.74) is 5.46. The van der Waals surface area contributed by atoms with Crippen molar-refractivity contribution in [1.29, 1.82) is 0 Å². The lowest BCUT2D eigenvalue weighted by Gasteiger charge is -2.24. The predicted octanol–water partition coefficient (Wildman–Crippen LogP) is 3.60. The van der Waals surface area contributed by atoms with Gasteiger partial charge in [0.05, 0.1) is 5.56 Å². The minimum absolute atomic E-state index is 0.0210. The van der Waals surface area contributed by atoms with Gasteiger partial charge in [-0.15, -0.1) is 0 Å². The van der Waals surface area contributed by atoms with Gasteiger partial charge in [-0.1, -0.05) is 36.4 Å². The zero-order valence-corrected chi connectivity index (χ0v) is 21.6. The number of primary amides is 1. The summed E-state index contributed by atoms with van der Waals surface area (Å²) < 4.78 is 50.1. The molecule has 214 valence electrons. The number of rotatable bonds is 11. The van der Waals surface area contributed by atoms with E-state index in [1.165, 1.54) is 41.3 Å². The second-order valence-corrected chi connectivity index (χ2v) is 9.22. The number of hydrogen-bond acceptors (Lipinski definition) is 6. The first-order valence-corrected chi connectivity index (χ1v) is 12.6. The molecular weight excluding hydrogens is 543 g/mol. The third-order valence-electron chi connectivity index (χ3n) is 6.38. The maximum Gasteiger partial charge on any atom is 0.416 e. The van der Waals surface area contributed by atoms with Crippen LogP contribution in [0.5, 0.6) is 11.5 Å². The number of para-hydroxylation sites is 1. The van der Waals surface area contributed by atoms with Crippen molar-refractivity contribution in [2.24, 2.45) is 5.73 Å². The Hall–Kier alpha value is -4.87. The molecule has 1 atom stereocenters. The van der Waals surface area contributed by atoms with Gasteiger partial charge in [-0.05, 0) is 53.9 Å². The zero-order valence-electron chi connectivity index (χ0n) is 21.6. The van der Waals surface area contributed by atoms with Crippen LogP contribution in [0.3, 0.4) is 0 Å². The van der Waals surface area contributed by atoms with Crippen molar-refractivity contribution in [1.82, 2.24) is 10.2 Å². The summed E-state index contributed by atoms with van der Waals surface area (Å²) in [4.78, 5) is 50.9. The van der Waals surface area contributed by atoms with E-state index in [1.54, 1.807) is 30.3 Å². The van der Waals surface area contributed by atoms with Crippen molar-refractivity contribution in [3.8, 4) is 11.5 Å². The van der Waals surface area contributed by atoms with Crippen molar-refractivity contribution in [2.75, 3.05) is 6.61 Å². The summed E-state index contributed by atoms with van der Waals surface area (Å²) in [6.45, 7) is -0.788. The van der Waals surface area contributed by atoms with Crippen LogP contribution in [0.1, 0.15) is 39.9 Å². The first-order valence-electron chi connectivity index (χ1n) is 12.6. The third-order valence-corrected chi connectivity index (χ3v) is 6.38. The van der Waals surface area contributed by atoms with Crippen molar-refractivity contribution in [2.45, 2.75) is 38.1 Å². The summed E-state index contributed by atoms with van der Waals surface area (Å²) >= 11 is 0. The lowest BCUT2D eigenvalue weighted by Crippen LogP contribution is -2.45. The van der Waals surface area contributed by atoms with Gasteiger partial charge in [0.1, 0.15) is 17.5 Å². The second-order valence-electron chi connectivity index (χ2n) is 9.22. The van der Waals surface area contributed by atoms with Crippen molar-refractivity contribution >= 4 is 23.7 Å². The molecule has 0 spiro atoms. The second kappa shape index (κ2) is 12.5. The molecule has 0 bridgehead atoms. The molecule has 0 aliphatic carbocycles. The van der Waals surface area contributed by atoms with Gasteiger partial charge in [-0.3, -0.25) is 19.2 Å². The fraction of sp³-hybridized carbons (Fsp3) is 0.241. The van der Waals surface area contributed by atoms with E-state index in [9.17, 15) is 32.3 Å². The molecule has 1 aliphatic heterocycles. The maximum absolute atomic E-state index is 13.1. The van der Waals surface area contributed by atoms with Gasteiger partial charge >= 0.3 is 12.1 Å². The molecule has 1 heterocycles. The Kier molecular flexibility index (Phi) is 8.91. The Balaban J connectivity index is 1.32. The fourth-order valence-electron chi connectivity index (χ4n) is 4.38. The SMILES string of the molecule is NC(=O)[C@H](CCC(=O)Oc1ccccc1)N1Cc2cc(OCC(=O)NCc3ccccc3C(F)(F)F)ccc2C1=O. The Labute approximate surface area is 233 Å². The van der Waals surface area contributed by atoms with Crippen LogP contribution in [0.25, 0.3) is 0 Å². The van der Waals surface area contributed by atoms with E-state index in [1.807, 2.05) is 0 Å². The number of hydrogen-bond donors (Lipinski definition) is 2. The molecule has 41 heavy (non-hydrogen) atoms. The molecule has 0 unspecified atom stereocenters. The van der Waals surface area contributed by atoms with Crippen LogP contribution in [0.4, 0.5) is 13.2 Å². The number of amides is 3. The molecule has 3 aromatic carbocycles. The number of carbonyl (C=O) groups excluding carboxylic acids is 4. The van der Waals surface area contributed by atoms with E-state index in [0.29, 0.717) is 16.9 Å². The minimum atomic E-state index is -4.55. The molecule has 0 fully saturated rings. The van der Waals surface area contributed by atoms with Crippen LogP contribution in [-0.2, 0) is 33.6 Å². The number of nitrogens with one attached hydrogen (secondary N) is 1. The van der Waals surface area contributed by atoms with Gasteiger partial charge in [0.25, 0.3) is 11.8 Å². The number of nitrogens with zero attached hydrogens (tertiary/aromatic N) is 1. The highest BCUT2D eigenvalue weighted by Gasteiger charge is 2.36. The molecule has 3 N–H and O–H groups in total. The number of carbonyl (C=O) groups is 4. The number of ether oxygens (including phenoxy) is 2. The standard InChI is InChI=1S/C29H26F3N3O6/c30-29(31,32)23-9-5-4-6-18(23)15-34-25(36)17-40-21-10-11-22-19(14-21)16-35(28(22)39)24(27(33)38)12-13-26(37)41-20-7-2-1-3-8-20/h1-11,14,24H,12-13,15-17H2,(H2,33,38)(H,34,36)/t24-/m0/s1. The number of nitrogens with two attached hydrogens (primary N) is 1. The highest BCUT2D eigenvalue weighted by Crippen LogP contribution is 2.32. The smallest absolute Gasteiger partial charge is 0.416 e. The molecule has 0 saturated heterocycles. The molecule has 0 radical (unpaired) electrons. The molecule has 0 aromatic heterocycles. The molecule has 3 amide bonds. The highest BCUT2D eigenvalue weighted by atomic mass is 19.4. The lowest BCUT2D eigenvalue weighted by atomic mass is 10.1. The number of halogens is 3. The Morgan fingerprint density at radius 2 is 1.68 bits per heavy atom. The molecule has 0 saturated carbocycles. The summed E-state index contributed by atoms with van der Waals surface area (Å²) in [5.74, 6) is -1.86. The van der Waals surface area contributed by atoms with Crippen LogP contribution in [0, 0.1) is 0 Å². The molecule has 3 aromatic rings. The molecule has 1 aliphatic rings. The quantitative estimate of drug-likeness (QED) is 0.268. The van der Waals surface area contributed by atoms with E-state index in [2.05, 4.69) is 5.32 Å². The van der Waals surface area contributed by atoms with Crippen molar-refractivity contribution in [3.05, 3.63) is 95.1 Å². The average molecular weight is 570 g/mol. The van der Waals surface area contributed by atoms with Crippen molar-refractivity contribution in [3.63, 3.8) is 0 Å². The fourth-order valence-corrected chi connectivity index (χ4v) is 4.38. The van der Waals surface area contributed by atoms with Crippen molar-refractivity contribution < 1.29 is 41.8 Å². The summed E-state index contributed by atoms with van der Waals surface area (Å²) in [6.07, 6.45) is -4.74. The number of esters is 1. The number of alkyl halides is 3. The maximum atomic E-state index is 13.1. The van der Waals surface area contributed by atoms with Gasteiger partial charge in [-0.25, -0.2) is 0 Å². The average Bonchev–Trinajstić information content (AvgIpc) is 3.26. The number of fused-ring (bicyclic) bond motifs is 1. The monoisotopic (exact) mass is 569 g/mol. The van der Waals surface area contributed by atoms with E-state index >= 15 is 0 Å². The van der Waals surface area contributed by atoms with Gasteiger partial charge in [0, 0.05) is 25.1 Å². The van der Waals surface area contributed by atoms with Crippen LogP contribution < -0.4 is 20.5 Å². The largest absolute Gasteiger partial charge is 0.484 e.